The van der Waals surface area contributed by atoms with Gasteiger partial charge in [-0.15, -0.1) is 0 Å². The second-order valence-corrected chi connectivity index (χ2v) is 5.45. The molecule has 0 bridgehead atoms. The molecule has 1 aromatic carbocycles. The molecule has 1 atom stereocenters. The lowest BCUT2D eigenvalue weighted by Crippen LogP contribution is -2.33. The number of morpholine rings is 1. The average Bonchev–Trinajstić information content (AvgIpc) is 2.64. The number of carbonyl (C=O) groups is 1. The highest BCUT2D eigenvalue weighted by atomic mass is 16.5. The Morgan fingerprint density at radius 1 is 1.33 bits per heavy atom. The van der Waals surface area contributed by atoms with Crippen LogP contribution in [0.15, 0.2) is 42.6 Å². The molecule has 24 heavy (non-hydrogen) atoms. The van der Waals surface area contributed by atoms with E-state index >= 15 is 0 Å². The zero-order valence-corrected chi connectivity index (χ0v) is 13.6. The van der Waals surface area contributed by atoms with Crippen LogP contribution in [0, 0.1) is 0 Å². The highest BCUT2D eigenvalue weighted by Crippen LogP contribution is 2.19. The van der Waals surface area contributed by atoms with Gasteiger partial charge in [-0.1, -0.05) is 0 Å². The van der Waals surface area contributed by atoms with Crippen molar-refractivity contribution in [3.8, 4) is 5.75 Å². The van der Waals surface area contributed by atoms with Crippen molar-refractivity contribution < 1.29 is 14.3 Å². The van der Waals surface area contributed by atoms with E-state index in [-0.39, 0.29) is 12.0 Å². The minimum absolute atomic E-state index is 0.0328. The van der Waals surface area contributed by atoms with Crippen LogP contribution >= 0.6 is 0 Å². The van der Waals surface area contributed by atoms with Crippen LogP contribution in [0.5, 0.6) is 5.75 Å². The summed E-state index contributed by atoms with van der Waals surface area (Å²) < 4.78 is 11.0. The summed E-state index contributed by atoms with van der Waals surface area (Å²) in [6, 6.07) is 10.8. The Morgan fingerprint density at radius 3 is 2.79 bits per heavy atom. The van der Waals surface area contributed by atoms with Crippen molar-refractivity contribution in [2.24, 2.45) is 0 Å². The number of amides is 1. The fourth-order valence-electron chi connectivity index (χ4n) is 2.50. The van der Waals surface area contributed by atoms with Crippen molar-refractivity contribution in [2.75, 3.05) is 31.6 Å². The minimum atomic E-state index is -0.178. The summed E-state index contributed by atoms with van der Waals surface area (Å²) in [6.07, 6.45) is 1.62. The molecule has 2 heterocycles. The van der Waals surface area contributed by atoms with Gasteiger partial charge in [-0.25, -0.2) is 0 Å². The first-order valence-corrected chi connectivity index (χ1v) is 8.08. The standard InChI is InChI=1S/C18H21N3O3/c1-2-23-15-6-3-13(4-7-15)18(22)21-14-5-8-16(20-11-14)17-12-19-9-10-24-17/h3-8,11,17,19H,2,9-10,12H2,1H3,(H,21,22)/t17-/m0/s1. The van der Waals surface area contributed by atoms with E-state index in [4.69, 9.17) is 9.47 Å². The SMILES string of the molecule is CCOc1ccc(C(=O)Nc2ccc([C@@H]3CNCCO3)nc2)cc1. The number of hydrogen-bond acceptors (Lipinski definition) is 5. The first-order valence-electron chi connectivity index (χ1n) is 8.08. The van der Waals surface area contributed by atoms with Gasteiger partial charge in [0, 0.05) is 18.7 Å². The third kappa shape index (κ3) is 4.10. The predicted molar refractivity (Wildman–Crippen MR) is 91.4 cm³/mol. The second kappa shape index (κ2) is 7.90. The molecule has 0 saturated carbocycles. The van der Waals surface area contributed by atoms with Crippen LogP contribution in [0.3, 0.4) is 0 Å². The number of pyridine rings is 1. The normalized spacial score (nSPS) is 17.3. The summed E-state index contributed by atoms with van der Waals surface area (Å²) in [4.78, 5) is 16.6. The van der Waals surface area contributed by atoms with E-state index in [0.29, 0.717) is 24.5 Å². The van der Waals surface area contributed by atoms with Gasteiger partial charge in [0.25, 0.3) is 5.91 Å². The summed E-state index contributed by atoms with van der Waals surface area (Å²) in [7, 11) is 0. The highest BCUT2D eigenvalue weighted by molar-refractivity contribution is 6.04. The Bertz CT molecular complexity index is 665. The first-order chi connectivity index (χ1) is 11.8. The number of ether oxygens (including phenoxy) is 2. The van der Waals surface area contributed by atoms with Gasteiger partial charge >= 0.3 is 0 Å². The van der Waals surface area contributed by atoms with Crippen LogP contribution in [0.25, 0.3) is 0 Å². The summed E-state index contributed by atoms with van der Waals surface area (Å²) in [5, 5.41) is 6.11. The molecular weight excluding hydrogens is 306 g/mol. The number of nitrogens with zero attached hydrogens (tertiary/aromatic N) is 1. The van der Waals surface area contributed by atoms with E-state index in [1.807, 2.05) is 19.1 Å². The molecule has 6 heteroatoms. The van der Waals surface area contributed by atoms with E-state index < -0.39 is 0 Å². The van der Waals surface area contributed by atoms with Crippen LogP contribution in [0.2, 0.25) is 0 Å². The van der Waals surface area contributed by atoms with Gasteiger partial charge in [0.15, 0.2) is 0 Å². The third-order valence-corrected chi connectivity index (χ3v) is 3.73. The van der Waals surface area contributed by atoms with Gasteiger partial charge in [0.1, 0.15) is 11.9 Å². The molecule has 1 aliphatic rings. The maximum atomic E-state index is 12.3. The fourth-order valence-corrected chi connectivity index (χ4v) is 2.50. The molecule has 126 valence electrons. The predicted octanol–water partition coefficient (Wildman–Crippen LogP) is 2.39. The lowest BCUT2D eigenvalue weighted by molar-refractivity contribution is 0.0250. The molecule has 2 N–H and O–H groups in total. The molecule has 0 unspecified atom stereocenters. The van der Waals surface area contributed by atoms with E-state index in [1.54, 1.807) is 30.5 Å². The van der Waals surface area contributed by atoms with Gasteiger partial charge < -0.3 is 20.1 Å². The van der Waals surface area contributed by atoms with Gasteiger partial charge in [-0.3, -0.25) is 9.78 Å². The Hall–Kier alpha value is -2.44. The van der Waals surface area contributed by atoms with Crippen molar-refractivity contribution in [1.29, 1.82) is 0 Å². The molecule has 0 aliphatic carbocycles. The molecule has 1 fully saturated rings. The number of benzene rings is 1. The molecule has 1 saturated heterocycles. The summed E-state index contributed by atoms with van der Waals surface area (Å²) in [5.41, 5.74) is 2.09. The largest absolute Gasteiger partial charge is 0.494 e. The molecule has 0 spiro atoms. The van der Waals surface area contributed by atoms with Gasteiger partial charge in [0.05, 0.1) is 30.8 Å². The van der Waals surface area contributed by atoms with Gasteiger partial charge in [-0.05, 0) is 43.3 Å². The minimum Gasteiger partial charge on any atom is -0.494 e. The molecule has 6 nitrogen and oxygen atoms in total. The zero-order valence-electron chi connectivity index (χ0n) is 13.6. The number of rotatable bonds is 5. The smallest absolute Gasteiger partial charge is 0.255 e. The number of hydrogen-bond donors (Lipinski definition) is 2. The fraction of sp³-hybridized carbons (Fsp3) is 0.333. The van der Waals surface area contributed by atoms with Crippen molar-refractivity contribution >= 4 is 11.6 Å². The van der Waals surface area contributed by atoms with Crippen molar-refractivity contribution in [3.63, 3.8) is 0 Å². The Kier molecular flexibility index (Phi) is 5.40. The molecule has 1 amide bonds. The van der Waals surface area contributed by atoms with E-state index in [2.05, 4.69) is 15.6 Å². The lowest BCUT2D eigenvalue weighted by Gasteiger charge is -2.23. The Balaban J connectivity index is 1.61. The molecule has 1 aliphatic heterocycles. The highest BCUT2D eigenvalue weighted by Gasteiger charge is 2.16. The topological polar surface area (TPSA) is 72.5 Å². The maximum Gasteiger partial charge on any atom is 0.255 e. The van der Waals surface area contributed by atoms with Crippen LogP contribution in [-0.2, 0) is 4.74 Å². The zero-order chi connectivity index (χ0) is 16.8. The van der Waals surface area contributed by atoms with Crippen LogP contribution in [-0.4, -0.2) is 37.2 Å². The summed E-state index contributed by atoms with van der Waals surface area (Å²) >= 11 is 0. The quantitative estimate of drug-likeness (QED) is 0.882. The number of carbonyl (C=O) groups excluding carboxylic acids is 1. The van der Waals surface area contributed by atoms with Crippen molar-refractivity contribution in [3.05, 3.63) is 53.9 Å². The molecular formula is C18H21N3O3. The van der Waals surface area contributed by atoms with Crippen LogP contribution in [0.4, 0.5) is 5.69 Å². The second-order valence-electron chi connectivity index (χ2n) is 5.45. The first kappa shape index (κ1) is 16.4. The Morgan fingerprint density at radius 2 is 2.17 bits per heavy atom. The Labute approximate surface area is 141 Å². The van der Waals surface area contributed by atoms with Crippen molar-refractivity contribution in [2.45, 2.75) is 13.0 Å². The molecule has 1 aromatic heterocycles. The molecule has 3 rings (SSSR count). The number of nitrogens with one attached hydrogen (secondary N) is 2. The summed E-state index contributed by atoms with van der Waals surface area (Å²) in [6.45, 7) is 4.83. The van der Waals surface area contributed by atoms with Crippen molar-refractivity contribution in [1.82, 2.24) is 10.3 Å². The van der Waals surface area contributed by atoms with E-state index in [0.717, 1.165) is 24.5 Å². The molecule has 2 aromatic rings. The monoisotopic (exact) mass is 327 g/mol. The van der Waals surface area contributed by atoms with Crippen LogP contribution < -0.4 is 15.4 Å². The average molecular weight is 327 g/mol. The van der Waals surface area contributed by atoms with Gasteiger partial charge in [0.2, 0.25) is 0 Å². The lowest BCUT2D eigenvalue weighted by atomic mass is 10.2. The maximum absolute atomic E-state index is 12.3. The number of aromatic nitrogens is 1. The third-order valence-electron chi connectivity index (χ3n) is 3.73. The van der Waals surface area contributed by atoms with E-state index in [9.17, 15) is 4.79 Å². The number of anilines is 1. The van der Waals surface area contributed by atoms with E-state index in [1.165, 1.54) is 0 Å². The van der Waals surface area contributed by atoms with Gasteiger partial charge in [-0.2, -0.15) is 0 Å². The van der Waals surface area contributed by atoms with Crippen LogP contribution in [0.1, 0.15) is 29.1 Å². The summed E-state index contributed by atoms with van der Waals surface area (Å²) in [5.74, 6) is 0.573. The molecule has 0 radical (unpaired) electrons.